The molecule has 1 saturated carbocycles. The third-order valence-electron chi connectivity index (χ3n) is 2.42. The topological polar surface area (TPSA) is 0 Å². The van der Waals surface area contributed by atoms with E-state index in [0.717, 1.165) is 5.92 Å². The average molecular weight is 154 g/mol. The summed E-state index contributed by atoms with van der Waals surface area (Å²) in [4.78, 5) is 0. The van der Waals surface area contributed by atoms with Crippen molar-refractivity contribution >= 4 is 0 Å². The maximum Gasteiger partial charge on any atom is -0.0414 e. The Bertz CT molecular complexity index is 67.4. The normalized spacial score (nSPS) is 18.6. The zero-order chi connectivity index (χ0) is 8.53. The Morgan fingerprint density at radius 2 is 1.64 bits per heavy atom. The van der Waals surface area contributed by atoms with Crippen LogP contribution in [-0.2, 0) is 0 Å². The van der Waals surface area contributed by atoms with Gasteiger partial charge in [0.05, 0.1) is 0 Å². The highest BCUT2D eigenvalue weighted by Gasteiger charge is 2.10. The molecule has 0 heteroatoms. The first-order valence-corrected chi connectivity index (χ1v) is 4.93. The predicted octanol–water partition coefficient (Wildman–Crippen LogP) is 4.17. The van der Waals surface area contributed by atoms with E-state index in [0.29, 0.717) is 0 Å². The fourth-order valence-corrected chi connectivity index (χ4v) is 1.88. The highest BCUT2D eigenvalue weighted by atomic mass is 14.2. The van der Waals surface area contributed by atoms with E-state index < -0.39 is 0 Å². The van der Waals surface area contributed by atoms with Crippen LogP contribution in [0.4, 0.5) is 0 Å². The van der Waals surface area contributed by atoms with E-state index in [-0.39, 0.29) is 0 Å². The summed E-state index contributed by atoms with van der Waals surface area (Å²) in [6.45, 7) is 8.30. The van der Waals surface area contributed by atoms with Crippen molar-refractivity contribution in [3.8, 4) is 0 Å². The van der Waals surface area contributed by atoms with E-state index in [1.54, 1.807) is 0 Å². The molecule has 0 aromatic rings. The van der Waals surface area contributed by atoms with Crippen molar-refractivity contribution in [2.45, 2.75) is 51.9 Å². The largest absolute Gasteiger partial charge is 0.106 e. The Balaban J connectivity index is 0.000000461. The standard InChI is InChI=1S/C9H18.C2H4/c1-2-6-9-7-4-3-5-8-9;1-2/h9H,2-8H2,1H3;1-2H2. The Labute approximate surface area is 71.7 Å². The van der Waals surface area contributed by atoms with Gasteiger partial charge in [-0.15, -0.1) is 13.2 Å². The summed E-state index contributed by atoms with van der Waals surface area (Å²) in [6, 6.07) is 0. The molecule has 0 saturated heterocycles. The molecule has 1 aliphatic rings. The molecule has 0 aromatic heterocycles. The van der Waals surface area contributed by atoms with Crippen LogP contribution < -0.4 is 0 Å². The molecule has 0 nitrogen and oxygen atoms in total. The lowest BCUT2D eigenvalue weighted by Crippen LogP contribution is -2.04. The van der Waals surface area contributed by atoms with E-state index in [4.69, 9.17) is 0 Å². The quantitative estimate of drug-likeness (QED) is 0.524. The smallest absolute Gasteiger partial charge is 0.0414 e. The third kappa shape index (κ3) is 5.06. The second kappa shape index (κ2) is 7.84. The molecule has 0 N–H and O–H groups in total. The van der Waals surface area contributed by atoms with E-state index in [9.17, 15) is 0 Å². The molecule has 0 bridgehead atoms. The van der Waals surface area contributed by atoms with Gasteiger partial charge in [-0.1, -0.05) is 51.9 Å². The first-order chi connectivity index (χ1) is 5.43. The van der Waals surface area contributed by atoms with E-state index in [2.05, 4.69) is 20.1 Å². The minimum Gasteiger partial charge on any atom is -0.106 e. The van der Waals surface area contributed by atoms with Crippen molar-refractivity contribution in [3.63, 3.8) is 0 Å². The maximum absolute atomic E-state index is 3.00. The first-order valence-electron chi connectivity index (χ1n) is 4.93. The van der Waals surface area contributed by atoms with Crippen LogP contribution in [0.1, 0.15) is 51.9 Å². The molecule has 0 aromatic carbocycles. The zero-order valence-electron chi connectivity index (χ0n) is 7.94. The van der Waals surface area contributed by atoms with Crippen LogP contribution in [0.25, 0.3) is 0 Å². The van der Waals surface area contributed by atoms with Crippen LogP contribution in [0.15, 0.2) is 13.2 Å². The fraction of sp³-hybridized carbons (Fsp3) is 0.818. The molecule has 0 amide bonds. The highest BCUT2D eigenvalue weighted by Crippen LogP contribution is 2.26. The van der Waals surface area contributed by atoms with Crippen LogP contribution in [0.3, 0.4) is 0 Å². The van der Waals surface area contributed by atoms with E-state index in [1.165, 1.54) is 44.9 Å². The van der Waals surface area contributed by atoms with Crippen LogP contribution in [0.2, 0.25) is 0 Å². The highest BCUT2D eigenvalue weighted by molar-refractivity contribution is 4.64. The molecule has 0 radical (unpaired) electrons. The summed E-state index contributed by atoms with van der Waals surface area (Å²) in [5.41, 5.74) is 0. The van der Waals surface area contributed by atoms with Crippen molar-refractivity contribution in [2.75, 3.05) is 0 Å². The Morgan fingerprint density at radius 3 is 2.09 bits per heavy atom. The fourth-order valence-electron chi connectivity index (χ4n) is 1.88. The Kier molecular flexibility index (Phi) is 7.66. The molecule has 11 heavy (non-hydrogen) atoms. The molecule has 0 spiro atoms. The van der Waals surface area contributed by atoms with Crippen molar-refractivity contribution in [1.82, 2.24) is 0 Å². The van der Waals surface area contributed by atoms with Gasteiger partial charge in [0.15, 0.2) is 0 Å². The average Bonchev–Trinajstić information content (AvgIpc) is 2.11. The lowest BCUT2D eigenvalue weighted by Gasteiger charge is -2.20. The van der Waals surface area contributed by atoms with Gasteiger partial charge in [0.2, 0.25) is 0 Å². The lowest BCUT2D eigenvalue weighted by molar-refractivity contribution is 0.336. The van der Waals surface area contributed by atoms with Gasteiger partial charge in [-0.25, -0.2) is 0 Å². The molecule has 0 heterocycles. The van der Waals surface area contributed by atoms with Gasteiger partial charge in [-0.2, -0.15) is 0 Å². The van der Waals surface area contributed by atoms with Gasteiger partial charge in [-0.3, -0.25) is 0 Å². The van der Waals surface area contributed by atoms with Gasteiger partial charge in [-0.05, 0) is 5.92 Å². The lowest BCUT2D eigenvalue weighted by atomic mass is 9.86. The van der Waals surface area contributed by atoms with E-state index in [1.807, 2.05) is 0 Å². The summed E-state index contributed by atoms with van der Waals surface area (Å²) >= 11 is 0. The minimum atomic E-state index is 1.10. The summed E-state index contributed by atoms with van der Waals surface area (Å²) in [5, 5.41) is 0. The molecule has 1 rings (SSSR count). The van der Waals surface area contributed by atoms with Crippen LogP contribution in [-0.4, -0.2) is 0 Å². The summed E-state index contributed by atoms with van der Waals surface area (Å²) in [5.74, 6) is 1.10. The minimum absolute atomic E-state index is 1.10. The van der Waals surface area contributed by atoms with Gasteiger partial charge in [0, 0.05) is 0 Å². The van der Waals surface area contributed by atoms with Crippen molar-refractivity contribution in [1.29, 1.82) is 0 Å². The molecule has 0 aliphatic heterocycles. The molecule has 0 unspecified atom stereocenters. The van der Waals surface area contributed by atoms with Crippen molar-refractivity contribution < 1.29 is 0 Å². The molecule has 1 fully saturated rings. The Morgan fingerprint density at radius 1 is 1.09 bits per heavy atom. The number of hydrogen-bond donors (Lipinski definition) is 0. The maximum atomic E-state index is 3.00. The number of rotatable bonds is 2. The van der Waals surface area contributed by atoms with Crippen LogP contribution in [0.5, 0.6) is 0 Å². The van der Waals surface area contributed by atoms with Gasteiger partial charge < -0.3 is 0 Å². The molecule has 0 atom stereocenters. The first kappa shape index (κ1) is 10.7. The second-order valence-corrected chi connectivity index (χ2v) is 3.29. The van der Waals surface area contributed by atoms with E-state index >= 15 is 0 Å². The zero-order valence-corrected chi connectivity index (χ0v) is 7.94. The summed E-state index contributed by atoms with van der Waals surface area (Å²) in [6.07, 6.45) is 10.4. The van der Waals surface area contributed by atoms with Gasteiger partial charge in [0.25, 0.3) is 0 Å². The van der Waals surface area contributed by atoms with Gasteiger partial charge >= 0.3 is 0 Å². The third-order valence-corrected chi connectivity index (χ3v) is 2.42. The molecular formula is C11H22. The van der Waals surface area contributed by atoms with Crippen molar-refractivity contribution in [2.24, 2.45) is 5.92 Å². The number of hydrogen-bond acceptors (Lipinski definition) is 0. The Hall–Kier alpha value is -0.260. The van der Waals surface area contributed by atoms with Crippen LogP contribution in [0, 0.1) is 5.92 Å². The second-order valence-electron chi connectivity index (χ2n) is 3.29. The SMILES string of the molecule is C=C.CCCC1CCCCC1. The molecular weight excluding hydrogens is 132 g/mol. The summed E-state index contributed by atoms with van der Waals surface area (Å²) in [7, 11) is 0. The predicted molar refractivity (Wildman–Crippen MR) is 52.7 cm³/mol. The molecule has 1 aliphatic carbocycles. The van der Waals surface area contributed by atoms with Crippen molar-refractivity contribution in [3.05, 3.63) is 13.2 Å². The monoisotopic (exact) mass is 154 g/mol. The van der Waals surface area contributed by atoms with Gasteiger partial charge in [0.1, 0.15) is 0 Å². The molecule has 66 valence electrons. The van der Waals surface area contributed by atoms with Crippen LogP contribution >= 0.6 is 0 Å². The summed E-state index contributed by atoms with van der Waals surface area (Å²) < 4.78 is 0.